The molecule has 0 aliphatic heterocycles. The van der Waals surface area contributed by atoms with Crippen LogP contribution in [-0.4, -0.2) is 19.9 Å². The van der Waals surface area contributed by atoms with Crippen LogP contribution < -0.4 is 5.14 Å². The number of hydrogen-bond acceptors (Lipinski definition) is 2. The van der Waals surface area contributed by atoms with Gasteiger partial charge in [0.2, 0.25) is 0 Å². The van der Waals surface area contributed by atoms with Gasteiger partial charge in [0.25, 0.3) is 0 Å². The van der Waals surface area contributed by atoms with Crippen molar-refractivity contribution in [1.29, 1.82) is 0 Å². The number of nitrogens with zero attached hydrogens (tertiary/aromatic N) is 2. The molecule has 0 saturated carbocycles. The fraction of sp³-hybridized carbons (Fsp3) is 0.333. The maximum absolute atomic E-state index is 11.2. The summed E-state index contributed by atoms with van der Waals surface area (Å²) in [6.45, 7) is 2.56. The van der Waals surface area contributed by atoms with Crippen molar-refractivity contribution in [3.05, 3.63) is 11.2 Å². The number of hydrogen-bond donors (Lipinski definition) is 1. The van der Waals surface area contributed by atoms with E-state index in [1.54, 1.807) is 10.9 Å². The van der Waals surface area contributed by atoms with Gasteiger partial charge in [0.1, 0.15) is 0 Å². The number of aryl methyl sites for hydroxylation is 1. The number of aromatic nitrogens is 2. The lowest BCUT2D eigenvalue weighted by Crippen LogP contribution is -2.13. The van der Waals surface area contributed by atoms with Gasteiger partial charge in [-0.15, -0.1) is 0 Å². The SMILES string of the molecule is C=S(N)(=O)c1nn(CC)cc1Cl. The Bertz CT molecular complexity index is 381. The first-order valence-electron chi connectivity index (χ1n) is 3.33. The predicted molar refractivity (Wildman–Crippen MR) is 50.6 cm³/mol. The molecule has 0 spiro atoms. The number of rotatable bonds is 2. The van der Waals surface area contributed by atoms with Crippen LogP contribution in [0.5, 0.6) is 0 Å². The van der Waals surface area contributed by atoms with E-state index in [1.807, 2.05) is 6.92 Å². The van der Waals surface area contributed by atoms with Gasteiger partial charge >= 0.3 is 0 Å². The largest absolute Gasteiger partial charge is 0.270 e. The normalized spacial score (nSPS) is 15.9. The minimum absolute atomic E-state index is 0.172. The van der Waals surface area contributed by atoms with Gasteiger partial charge in [0.15, 0.2) is 5.03 Å². The maximum Gasteiger partial charge on any atom is 0.173 e. The molecule has 68 valence electrons. The smallest absolute Gasteiger partial charge is 0.173 e. The molecule has 1 atom stereocenters. The summed E-state index contributed by atoms with van der Waals surface area (Å²) in [5.74, 6) is 3.29. The average Bonchev–Trinajstić information content (AvgIpc) is 2.29. The molecule has 1 aromatic heterocycles. The van der Waals surface area contributed by atoms with E-state index in [9.17, 15) is 4.21 Å². The lowest BCUT2D eigenvalue weighted by atomic mass is 10.7. The summed E-state index contributed by atoms with van der Waals surface area (Å²) < 4.78 is 12.8. The fourth-order valence-corrected chi connectivity index (χ4v) is 1.94. The Morgan fingerprint density at radius 1 is 1.92 bits per heavy atom. The Labute approximate surface area is 76.5 Å². The molecule has 0 aliphatic carbocycles. The Hall–Kier alpha value is -0.520. The van der Waals surface area contributed by atoms with Crippen LogP contribution in [0.2, 0.25) is 5.02 Å². The first-order chi connectivity index (χ1) is 5.45. The predicted octanol–water partition coefficient (Wildman–Crippen LogP) is 0.505. The molecule has 1 unspecified atom stereocenters. The van der Waals surface area contributed by atoms with Gasteiger partial charge in [-0.1, -0.05) is 11.6 Å². The summed E-state index contributed by atoms with van der Waals surface area (Å²) in [6.07, 6.45) is 1.58. The summed E-state index contributed by atoms with van der Waals surface area (Å²) in [7, 11) is -2.79. The van der Waals surface area contributed by atoms with Crippen molar-refractivity contribution in [3.8, 4) is 0 Å². The lowest BCUT2D eigenvalue weighted by Gasteiger charge is -1.96. The molecule has 0 saturated heterocycles. The zero-order valence-electron chi connectivity index (χ0n) is 6.66. The molecule has 12 heavy (non-hydrogen) atoms. The quantitative estimate of drug-likeness (QED) is 0.719. The molecule has 0 bridgehead atoms. The van der Waals surface area contributed by atoms with Crippen molar-refractivity contribution >= 4 is 27.2 Å². The second-order valence-corrected chi connectivity index (χ2v) is 4.61. The first-order valence-corrected chi connectivity index (χ1v) is 5.50. The minimum Gasteiger partial charge on any atom is -0.270 e. The second kappa shape index (κ2) is 3.08. The van der Waals surface area contributed by atoms with E-state index in [-0.39, 0.29) is 5.03 Å². The van der Waals surface area contributed by atoms with Crippen molar-refractivity contribution in [2.75, 3.05) is 0 Å². The molecule has 0 aromatic carbocycles. The van der Waals surface area contributed by atoms with Crippen molar-refractivity contribution < 1.29 is 4.21 Å². The Kier molecular flexibility index (Phi) is 2.46. The standard InChI is InChI=1S/C6H10ClN3OS/c1-3-10-4-5(7)6(9-10)12(2,8)11/h4H,2-3H2,1H3,(H2,8,11). The highest BCUT2D eigenvalue weighted by molar-refractivity contribution is 7.98. The highest BCUT2D eigenvalue weighted by atomic mass is 35.5. The lowest BCUT2D eigenvalue weighted by molar-refractivity contribution is 0.631. The van der Waals surface area contributed by atoms with Crippen molar-refractivity contribution in [3.63, 3.8) is 0 Å². The van der Waals surface area contributed by atoms with Crippen LogP contribution in [0.25, 0.3) is 0 Å². The summed E-state index contributed by atoms with van der Waals surface area (Å²) in [4.78, 5) is 0. The van der Waals surface area contributed by atoms with Gasteiger partial charge in [0, 0.05) is 12.7 Å². The molecule has 6 heteroatoms. The number of nitrogens with two attached hydrogens (primary N) is 1. The van der Waals surface area contributed by atoms with Gasteiger partial charge < -0.3 is 0 Å². The van der Waals surface area contributed by atoms with Crippen LogP contribution in [0.1, 0.15) is 6.92 Å². The Morgan fingerprint density at radius 2 is 2.50 bits per heavy atom. The van der Waals surface area contributed by atoms with Crippen LogP contribution in [0.4, 0.5) is 0 Å². The highest BCUT2D eigenvalue weighted by Gasteiger charge is 2.11. The van der Waals surface area contributed by atoms with E-state index in [2.05, 4.69) is 11.0 Å². The molecule has 1 rings (SSSR count). The van der Waals surface area contributed by atoms with E-state index in [0.717, 1.165) is 0 Å². The summed E-state index contributed by atoms with van der Waals surface area (Å²) in [5.41, 5.74) is 0. The zero-order valence-corrected chi connectivity index (χ0v) is 8.23. The van der Waals surface area contributed by atoms with Gasteiger partial charge in [-0.2, -0.15) is 5.10 Å². The fourth-order valence-electron chi connectivity index (χ4n) is 0.775. The molecule has 2 N–H and O–H groups in total. The first kappa shape index (κ1) is 9.57. The maximum atomic E-state index is 11.2. The molecule has 4 nitrogen and oxygen atoms in total. The third-order valence-corrected chi connectivity index (χ3v) is 2.68. The Balaban J connectivity index is 3.27. The minimum atomic E-state index is -2.79. The van der Waals surface area contributed by atoms with Gasteiger partial charge in [0.05, 0.1) is 14.7 Å². The molecular weight excluding hydrogens is 198 g/mol. The average molecular weight is 208 g/mol. The summed E-state index contributed by atoms with van der Waals surface area (Å²) >= 11 is 5.73. The van der Waals surface area contributed by atoms with E-state index < -0.39 is 9.71 Å². The number of halogens is 1. The molecule has 1 aromatic rings. The third-order valence-electron chi connectivity index (χ3n) is 1.34. The van der Waals surface area contributed by atoms with Crippen LogP contribution >= 0.6 is 11.6 Å². The summed E-state index contributed by atoms with van der Waals surface area (Å²) in [6, 6.07) is 0. The molecular formula is C6H10ClN3OS. The van der Waals surface area contributed by atoms with E-state index in [4.69, 9.17) is 16.7 Å². The van der Waals surface area contributed by atoms with Crippen molar-refractivity contribution in [1.82, 2.24) is 9.78 Å². The third kappa shape index (κ3) is 1.80. The molecule has 0 aliphatic rings. The van der Waals surface area contributed by atoms with Crippen LogP contribution in [-0.2, 0) is 16.3 Å². The second-order valence-electron chi connectivity index (χ2n) is 2.36. The topological polar surface area (TPSA) is 60.9 Å². The zero-order chi connectivity index (χ0) is 9.35. The van der Waals surface area contributed by atoms with E-state index in [1.165, 1.54) is 0 Å². The summed E-state index contributed by atoms with van der Waals surface area (Å²) in [5, 5.41) is 9.68. The highest BCUT2D eigenvalue weighted by Crippen LogP contribution is 2.17. The molecule has 0 amide bonds. The van der Waals surface area contributed by atoms with Crippen molar-refractivity contribution in [2.45, 2.75) is 18.5 Å². The van der Waals surface area contributed by atoms with Crippen LogP contribution in [0.3, 0.4) is 0 Å². The van der Waals surface area contributed by atoms with Gasteiger partial charge in [-0.25, -0.2) is 4.21 Å². The van der Waals surface area contributed by atoms with E-state index >= 15 is 0 Å². The monoisotopic (exact) mass is 207 g/mol. The van der Waals surface area contributed by atoms with Gasteiger partial charge in [-0.05, 0) is 12.8 Å². The molecule has 0 radical (unpaired) electrons. The van der Waals surface area contributed by atoms with Gasteiger partial charge in [-0.3, -0.25) is 9.82 Å². The Morgan fingerprint density at radius 3 is 2.75 bits per heavy atom. The van der Waals surface area contributed by atoms with Crippen molar-refractivity contribution in [2.24, 2.45) is 5.14 Å². The van der Waals surface area contributed by atoms with E-state index in [0.29, 0.717) is 11.6 Å². The molecule has 1 heterocycles. The van der Waals surface area contributed by atoms with Crippen LogP contribution in [0.15, 0.2) is 11.2 Å². The van der Waals surface area contributed by atoms with Crippen LogP contribution in [0, 0.1) is 0 Å². The molecule has 0 fully saturated rings.